The van der Waals surface area contributed by atoms with Crippen molar-refractivity contribution in [1.82, 2.24) is 9.78 Å². The molecular formula is C14H11Cl2N3O3. The van der Waals surface area contributed by atoms with Gasteiger partial charge in [0.15, 0.2) is 5.78 Å². The Labute approximate surface area is 135 Å². The van der Waals surface area contributed by atoms with Crippen LogP contribution in [0.2, 0.25) is 10.0 Å². The van der Waals surface area contributed by atoms with Gasteiger partial charge in [0.25, 0.3) is 5.56 Å². The molecule has 0 radical (unpaired) electrons. The van der Waals surface area contributed by atoms with Gasteiger partial charge >= 0.3 is 0 Å². The van der Waals surface area contributed by atoms with Crippen LogP contribution in [0, 0.1) is 0 Å². The van der Waals surface area contributed by atoms with Gasteiger partial charge in [0, 0.05) is 11.3 Å². The number of carbonyl (C=O) groups excluding carboxylic acids is 2. The summed E-state index contributed by atoms with van der Waals surface area (Å²) in [5.41, 5.74) is 0.273. The van der Waals surface area contributed by atoms with Gasteiger partial charge in [-0.25, -0.2) is 4.68 Å². The Kier molecular flexibility index (Phi) is 4.95. The smallest absolute Gasteiger partial charge is 0.287 e. The Balaban J connectivity index is 2.14. The summed E-state index contributed by atoms with van der Waals surface area (Å²) in [5, 5.41) is 6.15. The third-order valence-corrected chi connectivity index (χ3v) is 3.54. The van der Waals surface area contributed by atoms with Gasteiger partial charge in [0.2, 0.25) is 5.91 Å². The fourth-order valence-electron chi connectivity index (χ4n) is 1.71. The van der Waals surface area contributed by atoms with Gasteiger partial charge < -0.3 is 5.32 Å². The number of ketones is 1. The molecule has 1 aromatic carbocycles. The number of nitrogens with one attached hydrogen (secondary N) is 1. The second kappa shape index (κ2) is 6.72. The minimum Gasteiger partial charge on any atom is -0.324 e. The van der Waals surface area contributed by atoms with Crippen LogP contribution < -0.4 is 10.9 Å². The van der Waals surface area contributed by atoms with Crippen LogP contribution in [0.3, 0.4) is 0 Å². The topological polar surface area (TPSA) is 81.1 Å². The summed E-state index contributed by atoms with van der Waals surface area (Å²) < 4.78 is 0.901. The summed E-state index contributed by atoms with van der Waals surface area (Å²) >= 11 is 11.4. The van der Waals surface area contributed by atoms with Crippen molar-refractivity contribution in [2.75, 3.05) is 5.32 Å². The van der Waals surface area contributed by atoms with E-state index < -0.39 is 11.5 Å². The van der Waals surface area contributed by atoms with Gasteiger partial charge in [-0.3, -0.25) is 14.4 Å². The molecule has 2 rings (SSSR count). The van der Waals surface area contributed by atoms with Crippen LogP contribution in [0.15, 0.2) is 35.3 Å². The Morgan fingerprint density at radius 1 is 1.32 bits per heavy atom. The van der Waals surface area contributed by atoms with Crippen LogP contribution in [0.4, 0.5) is 5.69 Å². The molecule has 0 bridgehead atoms. The number of anilines is 1. The first-order valence-electron chi connectivity index (χ1n) is 6.20. The van der Waals surface area contributed by atoms with Crippen molar-refractivity contribution < 1.29 is 9.59 Å². The summed E-state index contributed by atoms with van der Waals surface area (Å²) in [6, 6.07) is 6.47. The van der Waals surface area contributed by atoms with Gasteiger partial charge in [0.1, 0.15) is 11.6 Å². The van der Waals surface area contributed by atoms with E-state index in [1.807, 2.05) is 0 Å². The molecular weight excluding hydrogens is 329 g/mol. The number of benzene rings is 1. The number of Topliss-reactive ketones (excluding diaryl/α,β-unsaturated/α-hetero) is 1. The average Bonchev–Trinajstić information content (AvgIpc) is 2.48. The second-order valence-electron chi connectivity index (χ2n) is 4.45. The van der Waals surface area contributed by atoms with Crippen LogP contribution in [0.5, 0.6) is 0 Å². The van der Waals surface area contributed by atoms with Crippen LogP contribution in [0.25, 0.3) is 0 Å². The lowest BCUT2D eigenvalue weighted by Crippen LogP contribution is -2.29. The second-order valence-corrected chi connectivity index (χ2v) is 5.24. The number of hydrogen-bond donors (Lipinski definition) is 1. The highest BCUT2D eigenvalue weighted by Gasteiger charge is 2.11. The first-order chi connectivity index (χ1) is 10.4. The van der Waals surface area contributed by atoms with E-state index in [4.69, 9.17) is 23.2 Å². The van der Waals surface area contributed by atoms with E-state index in [-0.39, 0.29) is 22.4 Å². The highest BCUT2D eigenvalue weighted by atomic mass is 35.5. The molecule has 1 aromatic heterocycles. The van der Waals surface area contributed by atoms with E-state index in [1.165, 1.54) is 13.1 Å². The van der Waals surface area contributed by atoms with E-state index in [0.29, 0.717) is 11.3 Å². The van der Waals surface area contributed by atoms with Gasteiger partial charge in [-0.15, -0.1) is 0 Å². The highest BCUT2D eigenvalue weighted by Crippen LogP contribution is 2.15. The van der Waals surface area contributed by atoms with Crippen molar-refractivity contribution in [3.63, 3.8) is 0 Å². The predicted octanol–water partition coefficient (Wildman–Crippen LogP) is 2.39. The van der Waals surface area contributed by atoms with Crippen molar-refractivity contribution in [2.45, 2.75) is 13.5 Å². The molecule has 0 fully saturated rings. The lowest BCUT2D eigenvalue weighted by atomic mass is 10.1. The molecule has 0 spiro atoms. The number of carbonyl (C=O) groups is 2. The first-order valence-corrected chi connectivity index (χ1v) is 6.96. The maximum Gasteiger partial charge on any atom is 0.287 e. The summed E-state index contributed by atoms with van der Waals surface area (Å²) in [6.07, 6.45) is 1.19. The maximum atomic E-state index is 11.9. The van der Waals surface area contributed by atoms with E-state index >= 15 is 0 Å². The monoisotopic (exact) mass is 339 g/mol. The maximum absolute atomic E-state index is 11.9. The Bertz CT molecular complexity index is 802. The summed E-state index contributed by atoms with van der Waals surface area (Å²) in [6.45, 7) is 1.11. The third-order valence-electron chi connectivity index (χ3n) is 2.79. The molecule has 1 N–H and O–H groups in total. The van der Waals surface area contributed by atoms with Crippen molar-refractivity contribution in [3.8, 4) is 0 Å². The van der Waals surface area contributed by atoms with Gasteiger partial charge in [0.05, 0.1) is 11.2 Å². The fourth-order valence-corrected chi connectivity index (χ4v) is 1.98. The summed E-state index contributed by atoms with van der Waals surface area (Å²) in [4.78, 5) is 35.0. The van der Waals surface area contributed by atoms with Crippen molar-refractivity contribution in [1.29, 1.82) is 0 Å². The first kappa shape index (κ1) is 16.2. The zero-order chi connectivity index (χ0) is 16.3. The molecule has 0 saturated heterocycles. The number of rotatable bonds is 4. The quantitative estimate of drug-likeness (QED) is 0.867. The molecule has 2 aromatic rings. The molecule has 0 aliphatic rings. The third kappa shape index (κ3) is 3.72. The van der Waals surface area contributed by atoms with Gasteiger partial charge in [-0.05, 0) is 19.1 Å². The van der Waals surface area contributed by atoms with Crippen LogP contribution in [0.1, 0.15) is 17.3 Å². The molecule has 1 amide bonds. The summed E-state index contributed by atoms with van der Waals surface area (Å²) in [7, 11) is 0. The van der Waals surface area contributed by atoms with Crippen LogP contribution in [-0.4, -0.2) is 21.5 Å². The molecule has 0 unspecified atom stereocenters. The molecule has 0 saturated carbocycles. The van der Waals surface area contributed by atoms with E-state index in [0.717, 1.165) is 4.68 Å². The molecule has 6 nitrogen and oxygen atoms in total. The molecule has 8 heteroatoms. The zero-order valence-electron chi connectivity index (χ0n) is 11.5. The fraction of sp³-hybridized carbons (Fsp3) is 0.143. The number of aromatic nitrogens is 2. The average molecular weight is 340 g/mol. The lowest BCUT2D eigenvalue weighted by Gasteiger charge is -2.08. The molecule has 0 atom stereocenters. The molecule has 0 aliphatic heterocycles. The molecule has 114 valence electrons. The van der Waals surface area contributed by atoms with E-state index in [2.05, 4.69) is 10.4 Å². The number of nitrogens with zero attached hydrogens (tertiary/aromatic N) is 2. The van der Waals surface area contributed by atoms with Crippen LogP contribution >= 0.6 is 23.2 Å². The largest absolute Gasteiger partial charge is 0.324 e. The standard InChI is InChI=1S/C14H11Cl2N3O3/c1-8(20)9-3-2-4-10(5-9)18-12(21)7-19-14(22)13(16)11(15)6-17-19/h2-6H,7H2,1H3,(H,18,21). The lowest BCUT2D eigenvalue weighted by molar-refractivity contribution is -0.117. The molecule has 22 heavy (non-hydrogen) atoms. The van der Waals surface area contributed by atoms with Gasteiger partial charge in [-0.2, -0.15) is 5.10 Å². The van der Waals surface area contributed by atoms with Crippen molar-refractivity contribution in [2.24, 2.45) is 0 Å². The van der Waals surface area contributed by atoms with Crippen molar-refractivity contribution in [3.05, 3.63) is 56.4 Å². The number of hydrogen-bond acceptors (Lipinski definition) is 4. The van der Waals surface area contributed by atoms with Crippen LogP contribution in [-0.2, 0) is 11.3 Å². The summed E-state index contributed by atoms with van der Waals surface area (Å²) in [5.74, 6) is -0.591. The zero-order valence-corrected chi connectivity index (χ0v) is 13.0. The predicted molar refractivity (Wildman–Crippen MR) is 83.6 cm³/mol. The Morgan fingerprint density at radius 2 is 2.05 bits per heavy atom. The minimum atomic E-state index is -0.651. The highest BCUT2D eigenvalue weighted by molar-refractivity contribution is 6.41. The molecule has 1 heterocycles. The van der Waals surface area contributed by atoms with E-state index in [1.54, 1.807) is 24.3 Å². The van der Waals surface area contributed by atoms with Crippen molar-refractivity contribution >= 4 is 40.6 Å². The van der Waals surface area contributed by atoms with Gasteiger partial charge in [-0.1, -0.05) is 35.3 Å². The number of amides is 1. The normalized spacial score (nSPS) is 10.3. The Hall–Kier alpha value is -2.18. The number of halogens is 2. The Morgan fingerprint density at radius 3 is 2.73 bits per heavy atom. The SMILES string of the molecule is CC(=O)c1cccc(NC(=O)Cn2ncc(Cl)c(Cl)c2=O)c1. The minimum absolute atomic E-state index is 0.0254. The van der Waals surface area contributed by atoms with E-state index in [9.17, 15) is 14.4 Å². The molecule has 0 aliphatic carbocycles.